The van der Waals surface area contributed by atoms with Gasteiger partial charge in [-0.05, 0) is 170 Å². The molecule has 1 heterocycles. The first-order valence-corrected chi connectivity index (χ1v) is 27.7. The second-order valence-electron chi connectivity index (χ2n) is 21.3. The molecule has 0 N–H and O–H groups in total. The van der Waals surface area contributed by atoms with Crippen LogP contribution in [0.4, 0.5) is 34.1 Å². The predicted molar refractivity (Wildman–Crippen MR) is 337 cm³/mol. The summed E-state index contributed by atoms with van der Waals surface area (Å²) in [5, 5.41) is 1.24. The highest BCUT2D eigenvalue weighted by atomic mass is 15.2. The number of anilines is 6. The Morgan fingerprint density at radius 1 is 0.275 bits per heavy atom. The molecule has 380 valence electrons. The standard InChI is InChI=1S/C77H57N3/c1-77(2)72-51-61(39-50-69(72)70-52-71-74(53-73(70)77)80(68-44-35-57(36-45-68)55-23-11-4-12-24-55)76(60-27-15-6-16-28-60)75(71)59-25-13-5-14-26-59)58-37-42-65(43-38-58)79(64-40-33-56(34-41-64)54-21-9-3-10-22-54)67-48-46-66(47-49-67)78(62-29-17-7-18-30-62)63-31-19-8-20-32-63/h3-53H,1-2H3. The van der Waals surface area contributed by atoms with E-state index in [1.807, 2.05) is 0 Å². The summed E-state index contributed by atoms with van der Waals surface area (Å²) in [7, 11) is 0. The van der Waals surface area contributed by atoms with Crippen LogP contribution >= 0.6 is 0 Å². The molecule has 3 nitrogen and oxygen atoms in total. The van der Waals surface area contributed by atoms with E-state index < -0.39 is 0 Å². The Morgan fingerprint density at radius 2 is 0.613 bits per heavy atom. The molecule has 0 atom stereocenters. The lowest BCUT2D eigenvalue weighted by atomic mass is 9.81. The molecule has 1 aliphatic carbocycles. The number of nitrogens with zero attached hydrogens (tertiary/aromatic N) is 3. The first-order chi connectivity index (χ1) is 39.4. The first kappa shape index (κ1) is 48.2. The summed E-state index contributed by atoms with van der Waals surface area (Å²) in [5.41, 5.74) is 25.8. The van der Waals surface area contributed by atoms with Gasteiger partial charge in [-0.15, -0.1) is 0 Å². The minimum atomic E-state index is -0.271. The van der Waals surface area contributed by atoms with Gasteiger partial charge in [-0.2, -0.15) is 0 Å². The number of fused-ring (bicyclic) bond motifs is 4. The number of aromatic nitrogens is 1. The lowest BCUT2D eigenvalue weighted by Gasteiger charge is -2.28. The van der Waals surface area contributed by atoms with Gasteiger partial charge in [0, 0.05) is 56.2 Å². The third kappa shape index (κ3) is 8.66. The number of hydrogen-bond donors (Lipinski definition) is 0. The summed E-state index contributed by atoms with van der Waals surface area (Å²) in [4.78, 5) is 4.67. The topological polar surface area (TPSA) is 11.4 Å². The molecule has 0 amide bonds. The van der Waals surface area contributed by atoms with Crippen LogP contribution in [0.5, 0.6) is 0 Å². The number of benzene rings is 12. The molecule has 13 aromatic rings. The van der Waals surface area contributed by atoms with Gasteiger partial charge >= 0.3 is 0 Å². The molecule has 0 saturated carbocycles. The maximum absolute atomic E-state index is 2.51. The fourth-order valence-electron chi connectivity index (χ4n) is 12.2. The van der Waals surface area contributed by atoms with Gasteiger partial charge in [-0.25, -0.2) is 0 Å². The van der Waals surface area contributed by atoms with Crippen molar-refractivity contribution in [2.45, 2.75) is 19.3 Å². The van der Waals surface area contributed by atoms with Gasteiger partial charge in [0.1, 0.15) is 0 Å². The van der Waals surface area contributed by atoms with E-state index in [0.717, 1.165) is 39.8 Å². The van der Waals surface area contributed by atoms with Gasteiger partial charge in [0.25, 0.3) is 0 Å². The second-order valence-corrected chi connectivity index (χ2v) is 21.3. The van der Waals surface area contributed by atoms with Crippen LogP contribution in [0.15, 0.2) is 309 Å². The first-order valence-electron chi connectivity index (χ1n) is 27.7. The zero-order valence-electron chi connectivity index (χ0n) is 44.8. The van der Waals surface area contributed by atoms with Crippen LogP contribution in [0.1, 0.15) is 25.0 Å². The Labute approximate surface area is 469 Å². The van der Waals surface area contributed by atoms with Gasteiger partial charge in [-0.1, -0.05) is 220 Å². The van der Waals surface area contributed by atoms with Crippen molar-refractivity contribution in [3.05, 3.63) is 321 Å². The minimum Gasteiger partial charge on any atom is -0.311 e. The Hall–Kier alpha value is -10.2. The van der Waals surface area contributed by atoms with Crippen molar-refractivity contribution in [2.24, 2.45) is 0 Å². The van der Waals surface area contributed by atoms with Crippen molar-refractivity contribution in [3.63, 3.8) is 0 Å². The minimum absolute atomic E-state index is 0.271. The Balaban J connectivity index is 0.849. The molecular formula is C77H57N3. The summed E-state index contributed by atoms with van der Waals surface area (Å²) < 4.78 is 2.51. The van der Waals surface area contributed by atoms with E-state index in [-0.39, 0.29) is 5.41 Å². The molecule has 0 bridgehead atoms. The highest BCUT2D eigenvalue weighted by molar-refractivity contribution is 6.09. The molecular weight excluding hydrogens is 967 g/mol. The summed E-state index contributed by atoms with van der Waals surface area (Å²) in [6.07, 6.45) is 0. The quantitative estimate of drug-likeness (QED) is 0.121. The van der Waals surface area contributed by atoms with Crippen molar-refractivity contribution in [1.82, 2.24) is 4.57 Å². The summed E-state index contributed by atoms with van der Waals surface area (Å²) in [6, 6.07) is 113. The highest BCUT2D eigenvalue weighted by Crippen LogP contribution is 2.54. The normalized spacial score (nSPS) is 12.2. The van der Waals surface area contributed by atoms with Crippen molar-refractivity contribution >= 4 is 45.0 Å². The van der Waals surface area contributed by atoms with Gasteiger partial charge in [0.2, 0.25) is 0 Å². The zero-order chi connectivity index (χ0) is 53.6. The highest BCUT2D eigenvalue weighted by Gasteiger charge is 2.37. The molecule has 14 rings (SSSR count). The second kappa shape index (κ2) is 20.3. The maximum atomic E-state index is 2.51. The smallest absolute Gasteiger partial charge is 0.0619 e. The molecule has 1 aliphatic rings. The number of para-hydroxylation sites is 2. The van der Waals surface area contributed by atoms with Crippen LogP contribution in [0.3, 0.4) is 0 Å². The van der Waals surface area contributed by atoms with Crippen LogP contribution in [-0.4, -0.2) is 4.57 Å². The fraction of sp³-hybridized carbons (Fsp3) is 0.0390. The van der Waals surface area contributed by atoms with Crippen molar-refractivity contribution in [1.29, 1.82) is 0 Å². The van der Waals surface area contributed by atoms with Crippen LogP contribution in [0.25, 0.3) is 83.5 Å². The Kier molecular flexibility index (Phi) is 12.2. The van der Waals surface area contributed by atoms with Gasteiger partial charge in [-0.3, -0.25) is 0 Å². The van der Waals surface area contributed by atoms with Crippen LogP contribution in [0.2, 0.25) is 0 Å². The Morgan fingerprint density at radius 3 is 1.07 bits per heavy atom. The van der Waals surface area contributed by atoms with Gasteiger partial charge in [0.15, 0.2) is 0 Å². The summed E-state index contributed by atoms with van der Waals surface area (Å²) >= 11 is 0. The SMILES string of the molecule is CC1(C)c2cc(-c3ccc(N(c4ccc(-c5ccccc5)cc4)c4ccc(N(c5ccccc5)c5ccccc5)cc4)cc3)ccc2-c2cc3c(-c4ccccc4)c(-c4ccccc4)n(-c4ccc(-c5ccccc5)cc4)c3cc21. The lowest BCUT2D eigenvalue weighted by molar-refractivity contribution is 0.661. The molecule has 0 fully saturated rings. The molecule has 0 radical (unpaired) electrons. The molecule has 12 aromatic carbocycles. The van der Waals surface area contributed by atoms with Crippen LogP contribution < -0.4 is 9.80 Å². The van der Waals surface area contributed by atoms with Crippen molar-refractivity contribution in [2.75, 3.05) is 9.80 Å². The molecule has 0 unspecified atom stereocenters. The average molecular weight is 1020 g/mol. The third-order valence-corrected chi connectivity index (χ3v) is 16.2. The van der Waals surface area contributed by atoms with Gasteiger partial charge in [0.05, 0.1) is 11.2 Å². The predicted octanol–water partition coefficient (Wildman–Crippen LogP) is 21.2. The number of rotatable bonds is 12. The van der Waals surface area contributed by atoms with E-state index in [4.69, 9.17) is 0 Å². The Bertz CT molecular complexity index is 4250. The van der Waals surface area contributed by atoms with E-state index in [1.165, 1.54) is 88.9 Å². The molecule has 0 saturated heterocycles. The van der Waals surface area contributed by atoms with E-state index in [2.05, 4.69) is 338 Å². The van der Waals surface area contributed by atoms with Crippen molar-refractivity contribution in [3.8, 4) is 72.6 Å². The fourth-order valence-corrected chi connectivity index (χ4v) is 12.2. The molecule has 0 aliphatic heterocycles. The summed E-state index contributed by atoms with van der Waals surface area (Å²) in [6.45, 7) is 4.80. The van der Waals surface area contributed by atoms with Crippen LogP contribution in [-0.2, 0) is 5.41 Å². The summed E-state index contributed by atoms with van der Waals surface area (Å²) in [5.74, 6) is 0. The van der Waals surface area contributed by atoms with E-state index in [0.29, 0.717) is 0 Å². The molecule has 1 aromatic heterocycles. The maximum Gasteiger partial charge on any atom is 0.0619 e. The monoisotopic (exact) mass is 1020 g/mol. The van der Waals surface area contributed by atoms with Crippen molar-refractivity contribution < 1.29 is 0 Å². The third-order valence-electron chi connectivity index (χ3n) is 16.2. The van der Waals surface area contributed by atoms with Crippen LogP contribution in [0, 0.1) is 0 Å². The van der Waals surface area contributed by atoms with E-state index in [1.54, 1.807) is 0 Å². The average Bonchev–Trinajstić information content (AvgIpc) is 4.21. The largest absolute Gasteiger partial charge is 0.311 e. The van der Waals surface area contributed by atoms with E-state index >= 15 is 0 Å². The zero-order valence-corrected chi connectivity index (χ0v) is 44.8. The molecule has 3 heteroatoms. The van der Waals surface area contributed by atoms with Gasteiger partial charge < -0.3 is 14.4 Å². The van der Waals surface area contributed by atoms with E-state index in [9.17, 15) is 0 Å². The molecule has 80 heavy (non-hydrogen) atoms. The molecule has 0 spiro atoms. The lowest BCUT2D eigenvalue weighted by Crippen LogP contribution is -2.15. The number of hydrogen-bond acceptors (Lipinski definition) is 2.